The lowest BCUT2D eigenvalue weighted by Gasteiger charge is -2.28. The van der Waals surface area contributed by atoms with Gasteiger partial charge in [0, 0.05) is 50.5 Å². The van der Waals surface area contributed by atoms with Crippen LogP contribution in [0, 0.1) is 20.8 Å². The summed E-state index contributed by atoms with van der Waals surface area (Å²) >= 11 is 0. The van der Waals surface area contributed by atoms with E-state index in [1.54, 1.807) is 10.4 Å². The van der Waals surface area contributed by atoms with Crippen LogP contribution in [0.1, 0.15) is 122 Å². The molecule has 0 N–H and O–H groups in total. The number of allylic oxidation sites excluding steroid dienone is 1. The topological polar surface area (TPSA) is 4.93 Å². The number of hydrogen-bond acceptors (Lipinski definition) is 0. The van der Waals surface area contributed by atoms with Crippen LogP contribution in [0.3, 0.4) is 0 Å². The molecule has 0 saturated carbocycles. The van der Waals surface area contributed by atoms with Gasteiger partial charge in [0.15, 0.2) is 0 Å². The monoisotopic (exact) mass is 1680 g/mol. The molecule has 26 rings (SSSR count). The molecule has 21 aromatic rings. The summed E-state index contributed by atoms with van der Waals surface area (Å²) in [4.78, 5) is 0. The average Bonchev–Trinajstić information content (AvgIpc) is 1.25. The molecule has 1 aromatic heterocycles. The molecule has 0 atom stereocenters. The van der Waals surface area contributed by atoms with E-state index in [1.807, 2.05) is 0 Å². The number of nitrogens with zero attached hydrogens (tertiary/aromatic N) is 1. The van der Waals surface area contributed by atoms with Gasteiger partial charge in [-0.15, -0.1) is 0 Å². The minimum atomic E-state index is -1.72. The summed E-state index contributed by atoms with van der Waals surface area (Å²) in [6.07, 6.45) is 2.44. The number of para-hydroxylation sites is 1. The summed E-state index contributed by atoms with van der Waals surface area (Å²) in [7, 11) is 0.453. The van der Waals surface area contributed by atoms with E-state index in [0.29, 0.717) is 0 Å². The molecule has 2 heteroatoms. The zero-order valence-electron chi connectivity index (χ0n) is 76.7. The van der Waals surface area contributed by atoms with Gasteiger partial charge in [-0.3, -0.25) is 0 Å². The summed E-state index contributed by atoms with van der Waals surface area (Å²) in [5, 5.41) is 21.5. The molecular formula is C128H103NSi. The molecule has 0 fully saturated rings. The van der Waals surface area contributed by atoms with Gasteiger partial charge >= 0.3 is 0 Å². The molecule has 2 heterocycles. The van der Waals surface area contributed by atoms with Crippen molar-refractivity contribution in [1.29, 1.82) is 0 Å². The Kier molecular flexibility index (Phi) is 17.6. The first kappa shape index (κ1) is 79.1. The average molecular weight is 1680 g/mol. The van der Waals surface area contributed by atoms with Gasteiger partial charge in [0.05, 0.1) is 0 Å². The molecule has 4 aliphatic carbocycles. The Hall–Kier alpha value is -14.3. The molecule has 0 unspecified atom stereocenters. The van der Waals surface area contributed by atoms with Crippen LogP contribution in [0.2, 0.25) is 13.1 Å². The van der Waals surface area contributed by atoms with Crippen LogP contribution >= 0.6 is 0 Å². The van der Waals surface area contributed by atoms with Crippen LogP contribution in [0.4, 0.5) is 0 Å². The molecular weight excluding hydrogens is 1580 g/mol. The van der Waals surface area contributed by atoms with Gasteiger partial charge in [-0.25, -0.2) is 0 Å². The van der Waals surface area contributed by atoms with E-state index >= 15 is 0 Å². The Bertz CT molecular complexity index is 8550. The summed E-state index contributed by atoms with van der Waals surface area (Å²) in [5.41, 5.74) is 44.3. The van der Waals surface area contributed by atoms with E-state index < -0.39 is 8.07 Å². The molecule has 0 spiro atoms. The first-order chi connectivity index (χ1) is 62.9. The second-order valence-corrected chi connectivity index (χ2v) is 44.7. The molecule has 1 aliphatic heterocycles. The lowest BCUT2D eigenvalue weighted by molar-refractivity contribution is 0.660. The van der Waals surface area contributed by atoms with Crippen LogP contribution in [-0.4, -0.2) is 12.6 Å². The first-order valence-corrected chi connectivity index (χ1v) is 49.6. The molecule has 0 saturated heterocycles. The lowest BCUT2D eigenvalue weighted by atomic mass is 9.75. The van der Waals surface area contributed by atoms with Crippen LogP contribution in [0.5, 0.6) is 0 Å². The molecule has 0 amide bonds. The highest BCUT2D eigenvalue weighted by Crippen LogP contribution is 2.58. The fourth-order valence-electron chi connectivity index (χ4n) is 24.6. The lowest BCUT2D eigenvalue weighted by Crippen LogP contribution is -2.49. The van der Waals surface area contributed by atoms with Crippen molar-refractivity contribution in [1.82, 2.24) is 4.57 Å². The number of aromatic nitrogens is 1. The summed E-state index contributed by atoms with van der Waals surface area (Å²) in [6, 6.07) is 138. The molecule has 0 radical (unpaired) electrons. The van der Waals surface area contributed by atoms with E-state index in [4.69, 9.17) is 0 Å². The number of fused-ring (bicyclic) bond motifs is 22. The Labute approximate surface area is 764 Å². The maximum Gasteiger partial charge on any atom is 0.113 e. The van der Waals surface area contributed by atoms with E-state index in [-0.39, 0.29) is 21.7 Å². The van der Waals surface area contributed by atoms with Crippen LogP contribution in [0.15, 0.2) is 364 Å². The van der Waals surface area contributed by atoms with Crippen molar-refractivity contribution >= 4 is 117 Å². The largest absolute Gasteiger partial charge is 0.344 e. The fourth-order valence-corrected chi connectivity index (χ4v) is 27.6. The van der Waals surface area contributed by atoms with E-state index in [1.165, 1.54) is 259 Å². The maximum absolute atomic E-state index is 2.50. The number of hydrogen-bond donors (Lipinski definition) is 0. The second-order valence-electron chi connectivity index (χ2n) is 40.3. The zero-order chi connectivity index (χ0) is 88.5. The minimum Gasteiger partial charge on any atom is -0.344 e. The molecule has 0 bridgehead atoms. The van der Waals surface area contributed by atoms with Crippen molar-refractivity contribution in [2.24, 2.45) is 7.05 Å². The van der Waals surface area contributed by atoms with Crippen molar-refractivity contribution in [3.63, 3.8) is 0 Å². The minimum absolute atomic E-state index is 0.0339. The molecule has 1 nitrogen and oxygen atoms in total. The summed E-state index contributed by atoms with van der Waals surface area (Å²) in [5.74, 6) is 0. The standard InChI is InChI=1S/C44H36Si.C43H33N.C41H34/c1-27-18-21-35-37(24-27)43(29-19-22-31-30-12-8-10-16-38(30)44(2,3)39(31)26-29)34-15-7-6-14-33(34)42(35)28-20-23-41-36(25-28)32-13-9-11-17-40(32)45(41,4)5;1-26-17-20-34-36(23-26)42(28-18-21-30-29-11-7-9-15-37(29)43(2,3)38(30)25-28)33-14-6-5-13-32(33)41(34)27-19-22-40-35(24-27)31-12-8-10-16-39(31)44(40)4;1-25-18-20-32-33(22-25)38(27-19-21-29-28-13-9-11-17-35(28)41(4,5)36(29)24-27)30-14-7-8-15-31(30)39(32)37-23-26-12-6-10-16-34(26)40(37,2)3/h6-26H,1-5H3;5-25H,1-4H3;6-24H,1-5H3. The highest BCUT2D eigenvalue weighted by atomic mass is 28.3. The third kappa shape index (κ3) is 11.6. The maximum atomic E-state index is 2.50. The van der Waals surface area contributed by atoms with E-state index in [0.717, 1.165) is 0 Å². The molecule has 20 aromatic carbocycles. The SMILES string of the molecule is Cc1ccc2c(-c3ccc4c(c3)-c3ccccc3[Si]4(C)C)c3ccccc3c(-c3ccc4c(c3)C(C)(C)c3ccccc3-4)c2c1.Cc1ccc2c(-c3ccc4c(c3)c3ccccc3n4C)c3ccccc3c(-c3ccc4c(c3)C(C)(C)c3ccccc3-4)c2c1.Cc1ccc2c(C3=Cc4ccccc4C3(C)C)c3ccccc3c(-c3ccc4c(c3)C(C)(C)c3ccccc3-4)c2c1. The number of rotatable bonds is 6. The first-order valence-electron chi connectivity index (χ1n) is 46.6. The number of aryl methyl sites for hydroxylation is 4. The quantitative estimate of drug-likeness (QED) is 0.116. The third-order valence-electron chi connectivity index (χ3n) is 31.1. The Balaban J connectivity index is 0.000000108. The Morgan fingerprint density at radius 2 is 0.515 bits per heavy atom. The van der Waals surface area contributed by atoms with Gasteiger partial charge in [0.25, 0.3) is 0 Å². The van der Waals surface area contributed by atoms with Gasteiger partial charge in [0.2, 0.25) is 0 Å². The summed E-state index contributed by atoms with van der Waals surface area (Å²) < 4.78 is 2.31. The molecule has 624 valence electrons. The van der Waals surface area contributed by atoms with Crippen LogP contribution in [0.25, 0.3) is 198 Å². The molecule has 130 heavy (non-hydrogen) atoms. The normalized spacial score (nSPS) is 14.9. The van der Waals surface area contributed by atoms with Gasteiger partial charge in [-0.2, -0.15) is 0 Å². The predicted molar refractivity (Wildman–Crippen MR) is 562 cm³/mol. The predicted octanol–water partition coefficient (Wildman–Crippen LogP) is 33.4. The third-order valence-corrected chi connectivity index (χ3v) is 34.7. The van der Waals surface area contributed by atoms with Crippen molar-refractivity contribution in [2.45, 2.75) is 111 Å². The van der Waals surface area contributed by atoms with Crippen molar-refractivity contribution in [3.05, 3.63) is 431 Å². The van der Waals surface area contributed by atoms with Crippen molar-refractivity contribution in [2.75, 3.05) is 0 Å². The second kappa shape index (κ2) is 28.9. The molecule has 5 aliphatic rings. The Morgan fingerprint density at radius 1 is 0.208 bits per heavy atom. The summed E-state index contributed by atoms with van der Waals surface area (Å²) in [6.45, 7) is 30.6. The fraction of sp³-hybridized carbons (Fsp3) is 0.141. The van der Waals surface area contributed by atoms with Gasteiger partial charge in [0.1, 0.15) is 8.07 Å². The van der Waals surface area contributed by atoms with Gasteiger partial charge in [-0.1, -0.05) is 407 Å². The van der Waals surface area contributed by atoms with Gasteiger partial charge < -0.3 is 4.57 Å². The van der Waals surface area contributed by atoms with Crippen LogP contribution in [-0.2, 0) is 28.7 Å². The van der Waals surface area contributed by atoms with Crippen LogP contribution < -0.4 is 10.4 Å². The van der Waals surface area contributed by atoms with Gasteiger partial charge in [-0.05, 0) is 300 Å². The smallest absolute Gasteiger partial charge is 0.113 e. The highest BCUT2D eigenvalue weighted by Gasteiger charge is 2.42. The van der Waals surface area contributed by atoms with Crippen molar-refractivity contribution in [3.8, 4) is 100 Å². The van der Waals surface area contributed by atoms with Crippen molar-refractivity contribution < 1.29 is 0 Å². The Morgan fingerprint density at radius 3 is 0.962 bits per heavy atom. The van der Waals surface area contributed by atoms with E-state index in [2.05, 4.69) is 471 Å². The zero-order valence-corrected chi connectivity index (χ0v) is 77.7. The number of benzene rings is 20. The highest BCUT2D eigenvalue weighted by molar-refractivity contribution is 7.03. The van der Waals surface area contributed by atoms with E-state index in [9.17, 15) is 0 Å².